The number of para-hydroxylation sites is 2. The van der Waals surface area contributed by atoms with Crippen molar-refractivity contribution in [2.24, 2.45) is 0 Å². The van der Waals surface area contributed by atoms with E-state index in [2.05, 4.69) is 10.9 Å². The molecular weight excluding hydrogens is 408 g/mol. The summed E-state index contributed by atoms with van der Waals surface area (Å²) in [6.45, 7) is 4.26. The molecule has 0 saturated heterocycles. The highest BCUT2D eigenvalue weighted by molar-refractivity contribution is 5.97. The van der Waals surface area contributed by atoms with E-state index in [1.165, 1.54) is 0 Å². The number of hydrogen-bond donors (Lipinski definition) is 2. The minimum Gasteiger partial charge on any atom is -0.490 e. The van der Waals surface area contributed by atoms with Crippen molar-refractivity contribution in [1.82, 2.24) is 10.9 Å². The number of carbonyl (C=O) groups excluding carboxylic acids is 2. The number of carbonyl (C=O) groups is 2. The topological polar surface area (TPSA) is 85.9 Å². The van der Waals surface area contributed by atoms with Gasteiger partial charge in [-0.1, -0.05) is 36.4 Å². The van der Waals surface area contributed by atoms with Gasteiger partial charge in [0, 0.05) is 0 Å². The Morgan fingerprint density at radius 2 is 1.38 bits per heavy atom. The van der Waals surface area contributed by atoms with Gasteiger partial charge in [0.05, 0.1) is 5.56 Å². The molecule has 32 heavy (non-hydrogen) atoms. The summed E-state index contributed by atoms with van der Waals surface area (Å²) in [5, 5.41) is 0. The molecule has 0 radical (unpaired) electrons. The number of hydrogen-bond acceptors (Lipinski definition) is 5. The van der Waals surface area contributed by atoms with Crippen LogP contribution in [0.4, 0.5) is 0 Å². The fourth-order valence-electron chi connectivity index (χ4n) is 3.00. The molecule has 7 heteroatoms. The highest BCUT2D eigenvalue weighted by Crippen LogP contribution is 2.18. The minimum absolute atomic E-state index is 0.224. The highest BCUT2D eigenvalue weighted by Gasteiger charge is 2.13. The van der Waals surface area contributed by atoms with Gasteiger partial charge in [0.1, 0.15) is 30.5 Å². The van der Waals surface area contributed by atoms with Gasteiger partial charge in [-0.25, -0.2) is 0 Å². The monoisotopic (exact) mass is 434 g/mol. The smallest absolute Gasteiger partial charge is 0.276 e. The van der Waals surface area contributed by atoms with E-state index in [0.717, 1.165) is 16.9 Å². The van der Waals surface area contributed by atoms with Crippen LogP contribution in [0.25, 0.3) is 0 Å². The van der Waals surface area contributed by atoms with Gasteiger partial charge in [-0.3, -0.25) is 20.4 Å². The van der Waals surface area contributed by atoms with Crippen molar-refractivity contribution in [1.29, 1.82) is 0 Å². The molecule has 2 N–H and O–H groups in total. The average molecular weight is 434 g/mol. The largest absolute Gasteiger partial charge is 0.490 e. The van der Waals surface area contributed by atoms with E-state index in [0.29, 0.717) is 23.7 Å². The average Bonchev–Trinajstić information content (AvgIpc) is 2.79. The van der Waals surface area contributed by atoms with Gasteiger partial charge >= 0.3 is 0 Å². The van der Waals surface area contributed by atoms with Gasteiger partial charge in [-0.2, -0.15) is 0 Å². The predicted octanol–water partition coefficient (Wildman–Crippen LogP) is 3.60. The summed E-state index contributed by atoms with van der Waals surface area (Å²) >= 11 is 0. The first kappa shape index (κ1) is 22.7. The van der Waals surface area contributed by atoms with Gasteiger partial charge in [0.15, 0.2) is 6.61 Å². The summed E-state index contributed by atoms with van der Waals surface area (Å²) in [4.78, 5) is 24.6. The van der Waals surface area contributed by atoms with E-state index >= 15 is 0 Å². The second kappa shape index (κ2) is 11.4. The molecule has 0 aliphatic heterocycles. The molecule has 0 aliphatic carbocycles. The number of rotatable bonds is 9. The number of nitrogens with one attached hydrogen (secondary N) is 2. The van der Waals surface area contributed by atoms with Crippen molar-refractivity contribution < 1.29 is 23.8 Å². The molecule has 0 bridgehead atoms. The van der Waals surface area contributed by atoms with Gasteiger partial charge in [0.25, 0.3) is 11.8 Å². The first-order chi connectivity index (χ1) is 15.5. The summed E-state index contributed by atoms with van der Waals surface area (Å²) in [6, 6.07) is 21.9. The molecule has 7 nitrogen and oxygen atoms in total. The van der Waals surface area contributed by atoms with Gasteiger partial charge in [-0.15, -0.1) is 0 Å². The fourth-order valence-corrected chi connectivity index (χ4v) is 3.00. The van der Waals surface area contributed by atoms with Crippen LogP contribution in [0.2, 0.25) is 0 Å². The molecule has 3 rings (SSSR count). The zero-order valence-electron chi connectivity index (χ0n) is 18.1. The maximum Gasteiger partial charge on any atom is 0.276 e. The summed E-state index contributed by atoms with van der Waals surface area (Å²) in [6.07, 6.45) is 0. The fraction of sp³-hybridized carbons (Fsp3) is 0.200. The Bertz CT molecular complexity index is 1030. The Balaban J connectivity index is 1.45. The number of ether oxygens (including phenoxy) is 3. The molecular formula is C25H26N2O5. The lowest BCUT2D eigenvalue weighted by Crippen LogP contribution is -2.44. The van der Waals surface area contributed by atoms with Crippen LogP contribution in [-0.4, -0.2) is 31.6 Å². The summed E-state index contributed by atoms with van der Waals surface area (Å²) in [5.41, 5.74) is 7.11. The molecule has 3 aromatic carbocycles. The summed E-state index contributed by atoms with van der Waals surface area (Å²) in [7, 11) is 0. The lowest BCUT2D eigenvalue weighted by atomic mass is 10.1. The van der Waals surface area contributed by atoms with Crippen LogP contribution in [0, 0.1) is 13.8 Å². The van der Waals surface area contributed by atoms with Crippen molar-refractivity contribution in [3.8, 4) is 17.2 Å². The number of amides is 2. The highest BCUT2D eigenvalue weighted by atomic mass is 16.5. The third kappa shape index (κ3) is 7.05. The van der Waals surface area contributed by atoms with E-state index in [-0.39, 0.29) is 13.2 Å². The molecule has 2 amide bonds. The summed E-state index contributed by atoms with van der Waals surface area (Å²) in [5.74, 6) is 0.757. The van der Waals surface area contributed by atoms with E-state index in [1.54, 1.807) is 24.3 Å². The van der Waals surface area contributed by atoms with Crippen LogP contribution < -0.4 is 25.1 Å². The minimum atomic E-state index is -0.496. The van der Waals surface area contributed by atoms with Crippen molar-refractivity contribution in [3.63, 3.8) is 0 Å². The van der Waals surface area contributed by atoms with Crippen LogP contribution in [0.15, 0.2) is 72.8 Å². The zero-order valence-corrected chi connectivity index (χ0v) is 18.1. The van der Waals surface area contributed by atoms with Crippen LogP contribution in [0.1, 0.15) is 21.5 Å². The Labute approximate surface area is 187 Å². The maximum absolute atomic E-state index is 12.5. The van der Waals surface area contributed by atoms with Gasteiger partial charge in [0.2, 0.25) is 0 Å². The molecule has 166 valence electrons. The Morgan fingerprint density at radius 3 is 2.12 bits per heavy atom. The molecule has 0 atom stereocenters. The second-order valence-electron chi connectivity index (χ2n) is 7.12. The Morgan fingerprint density at radius 1 is 0.719 bits per heavy atom. The molecule has 0 aliphatic rings. The molecule has 3 aromatic rings. The lowest BCUT2D eigenvalue weighted by molar-refractivity contribution is -0.123. The van der Waals surface area contributed by atoms with Crippen LogP contribution in [0.3, 0.4) is 0 Å². The van der Waals surface area contributed by atoms with Crippen molar-refractivity contribution in [2.45, 2.75) is 13.8 Å². The first-order valence-corrected chi connectivity index (χ1v) is 10.2. The standard InChI is InChI=1S/C25H26N2O5/c1-18-14-19(2)16-21(15-18)32-17-24(28)26-27-25(29)22-10-6-7-11-23(22)31-13-12-30-20-8-4-3-5-9-20/h3-11,14-16H,12-13,17H2,1-2H3,(H,26,28)(H,27,29). The van der Waals surface area contributed by atoms with E-state index in [4.69, 9.17) is 14.2 Å². The third-order valence-electron chi connectivity index (χ3n) is 4.37. The van der Waals surface area contributed by atoms with Crippen LogP contribution >= 0.6 is 0 Å². The van der Waals surface area contributed by atoms with Gasteiger partial charge < -0.3 is 14.2 Å². The van der Waals surface area contributed by atoms with E-state index < -0.39 is 11.8 Å². The van der Waals surface area contributed by atoms with Gasteiger partial charge in [-0.05, 0) is 61.4 Å². The Hall–Kier alpha value is -4.00. The predicted molar refractivity (Wildman–Crippen MR) is 121 cm³/mol. The molecule has 0 fully saturated rings. The first-order valence-electron chi connectivity index (χ1n) is 10.2. The maximum atomic E-state index is 12.5. The molecule has 0 unspecified atom stereocenters. The van der Waals surface area contributed by atoms with Crippen LogP contribution in [-0.2, 0) is 4.79 Å². The van der Waals surface area contributed by atoms with Crippen molar-refractivity contribution in [3.05, 3.63) is 89.5 Å². The summed E-state index contributed by atoms with van der Waals surface area (Å²) < 4.78 is 16.8. The molecule has 0 saturated carbocycles. The third-order valence-corrected chi connectivity index (χ3v) is 4.37. The lowest BCUT2D eigenvalue weighted by Gasteiger charge is -2.13. The zero-order chi connectivity index (χ0) is 22.8. The quantitative estimate of drug-likeness (QED) is 0.397. The Kier molecular flexibility index (Phi) is 8.09. The van der Waals surface area contributed by atoms with Crippen molar-refractivity contribution in [2.75, 3.05) is 19.8 Å². The molecule has 0 heterocycles. The van der Waals surface area contributed by atoms with E-state index in [9.17, 15) is 9.59 Å². The number of aryl methyl sites for hydroxylation is 2. The van der Waals surface area contributed by atoms with Crippen LogP contribution in [0.5, 0.6) is 17.2 Å². The van der Waals surface area contributed by atoms with E-state index in [1.807, 2.05) is 62.4 Å². The SMILES string of the molecule is Cc1cc(C)cc(OCC(=O)NNC(=O)c2ccccc2OCCOc2ccccc2)c1. The number of hydrazine groups is 1. The number of benzene rings is 3. The normalized spacial score (nSPS) is 10.2. The second-order valence-corrected chi connectivity index (χ2v) is 7.12. The van der Waals surface area contributed by atoms with Crippen molar-refractivity contribution >= 4 is 11.8 Å². The molecule has 0 spiro atoms. The molecule has 0 aromatic heterocycles.